The quantitative estimate of drug-likeness (QED) is 0.0533. The first-order valence-corrected chi connectivity index (χ1v) is 20.5. The molecular weight excluding hydrogens is 838 g/mol. The van der Waals surface area contributed by atoms with Gasteiger partial charge in [0.05, 0.1) is 88.4 Å². The number of rotatable bonds is 38. The van der Waals surface area contributed by atoms with E-state index in [4.69, 9.17) is 18.9 Å². The topological polar surface area (TPSA) is 36.9 Å². The van der Waals surface area contributed by atoms with Crippen molar-refractivity contribution in [1.29, 1.82) is 0 Å². The van der Waals surface area contributed by atoms with Crippen molar-refractivity contribution in [2.45, 2.75) is 155 Å². The summed E-state index contributed by atoms with van der Waals surface area (Å²) >= 11 is 0. The van der Waals surface area contributed by atoms with Crippen molar-refractivity contribution < 1.29 is 75.9 Å². The Labute approximate surface area is 342 Å². The summed E-state index contributed by atoms with van der Waals surface area (Å²) in [6.07, 6.45) is 28.2. The summed E-state index contributed by atoms with van der Waals surface area (Å²) in [4.78, 5) is 0. The van der Waals surface area contributed by atoms with Gasteiger partial charge in [-0.25, -0.2) is 0 Å². The number of hydrogen-bond donors (Lipinski definition) is 0. The molecule has 0 fully saturated rings. The second-order valence-corrected chi connectivity index (χ2v) is 16.8. The lowest BCUT2D eigenvalue weighted by atomic mass is 9.84. The van der Waals surface area contributed by atoms with Gasteiger partial charge in [-0.1, -0.05) is 117 Å². The van der Waals surface area contributed by atoms with E-state index in [1.807, 2.05) is 0 Å². The minimum Gasteiger partial charge on any atom is -1.00 e. The van der Waals surface area contributed by atoms with Crippen molar-refractivity contribution >= 4 is 0 Å². The van der Waals surface area contributed by atoms with Gasteiger partial charge in [0.25, 0.3) is 0 Å². The largest absolute Gasteiger partial charge is 1.00 e. The summed E-state index contributed by atoms with van der Waals surface area (Å²) in [5.74, 6) is 0. The average Bonchev–Trinajstić information content (AvgIpc) is 3.00. The minimum absolute atomic E-state index is 0. The third kappa shape index (κ3) is 41.8. The lowest BCUT2D eigenvalue weighted by Gasteiger charge is -2.34. The van der Waals surface area contributed by atoms with Crippen LogP contribution in [-0.2, 0) is 18.9 Å². The maximum absolute atomic E-state index is 6.47. The Bertz CT molecular complexity index is 590. The Morgan fingerprint density at radius 3 is 1.00 bits per heavy atom. The normalized spacial score (nSPS) is 12.2. The summed E-state index contributed by atoms with van der Waals surface area (Å²) in [5.41, 5.74) is -0.0622. The zero-order chi connectivity index (χ0) is 35.0. The lowest BCUT2D eigenvalue weighted by Crippen LogP contribution is -3.00. The van der Waals surface area contributed by atoms with Crippen molar-refractivity contribution in [3.8, 4) is 0 Å². The number of halogens is 2. The van der Waals surface area contributed by atoms with Crippen molar-refractivity contribution in [1.82, 2.24) is 0 Å². The molecule has 0 unspecified atom stereocenters. The van der Waals surface area contributed by atoms with E-state index in [-0.39, 0.29) is 53.4 Å². The number of ether oxygens (including phenoxy) is 4. The fourth-order valence-electron chi connectivity index (χ4n) is 6.15. The highest BCUT2D eigenvalue weighted by Gasteiger charge is 2.31. The van der Waals surface area contributed by atoms with E-state index in [1.54, 1.807) is 0 Å². The molecular formula is C41H88I2N2O4. The van der Waals surface area contributed by atoms with Gasteiger partial charge in [0.1, 0.15) is 0 Å². The minimum atomic E-state index is -0.0622. The number of quaternary nitrogens is 2. The summed E-state index contributed by atoms with van der Waals surface area (Å²) in [7, 11) is 13.6. The molecule has 0 aromatic carbocycles. The molecule has 0 aliphatic heterocycles. The Kier molecular flexibility index (Phi) is 41.8. The first-order valence-electron chi connectivity index (χ1n) is 20.5. The monoisotopic (exact) mass is 926 g/mol. The Morgan fingerprint density at radius 2 is 0.633 bits per heavy atom. The molecule has 0 aromatic heterocycles. The smallest absolute Gasteiger partial charge is 0.0802 e. The fraction of sp³-hybridized carbons (Fsp3) is 1.00. The van der Waals surface area contributed by atoms with Gasteiger partial charge < -0.3 is 75.9 Å². The van der Waals surface area contributed by atoms with E-state index in [0.717, 1.165) is 94.2 Å². The van der Waals surface area contributed by atoms with Gasteiger partial charge in [0, 0.05) is 38.1 Å². The van der Waals surface area contributed by atoms with Crippen LogP contribution < -0.4 is 48.0 Å². The van der Waals surface area contributed by atoms with Crippen LogP contribution in [0.15, 0.2) is 0 Å². The summed E-state index contributed by atoms with van der Waals surface area (Å²) < 4.78 is 27.2. The van der Waals surface area contributed by atoms with Crippen LogP contribution in [0.4, 0.5) is 0 Å². The molecule has 6 nitrogen and oxygen atoms in total. The van der Waals surface area contributed by atoms with Crippen LogP contribution in [0.2, 0.25) is 0 Å². The van der Waals surface area contributed by atoms with Crippen LogP contribution in [0.25, 0.3) is 0 Å². The molecule has 0 aliphatic carbocycles. The Hall–Kier alpha value is 1.22. The maximum atomic E-state index is 6.47. The highest BCUT2D eigenvalue weighted by molar-refractivity contribution is 4.80. The van der Waals surface area contributed by atoms with E-state index in [1.165, 1.54) is 122 Å². The third-order valence-electron chi connectivity index (χ3n) is 9.24. The molecule has 0 aromatic rings. The standard InChI is InChI=1S/C41H88N2O4.2HI/c1-9-11-13-15-16-17-18-19-22-27-35-45-38-41(39-46-36-28-31-42(3,4)5,40-47-37-29-32-43(6,7)8)30-24-21-20-23-26-34-44-33-25-14-12-10-2;;/h9-40H2,1-8H3;2*1H/q+2;;/p-2. The summed E-state index contributed by atoms with van der Waals surface area (Å²) in [6.45, 7) is 13.4. The van der Waals surface area contributed by atoms with Crippen LogP contribution in [0.5, 0.6) is 0 Å². The molecule has 0 heterocycles. The predicted molar refractivity (Wildman–Crippen MR) is 204 cm³/mol. The molecule has 0 bridgehead atoms. The molecule has 49 heavy (non-hydrogen) atoms. The van der Waals surface area contributed by atoms with Gasteiger partial charge in [0.15, 0.2) is 0 Å². The molecule has 0 saturated carbocycles. The molecule has 0 aliphatic rings. The van der Waals surface area contributed by atoms with Crippen molar-refractivity contribution in [3.63, 3.8) is 0 Å². The first-order chi connectivity index (χ1) is 22.5. The zero-order valence-electron chi connectivity index (χ0n) is 34.4. The molecule has 0 spiro atoms. The number of hydrogen-bond acceptors (Lipinski definition) is 4. The third-order valence-corrected chi connectivity index (χ3v) is 9.24. The van der Waals surface area contributed by atoms with Gasteiger partial charge in [0.2, 0.25) is 0 Å². The Morgan fingerprint density at radius 1 is 0.347 bits per heavy atom. The maximum Gasteiger partial charge on any atom is 0.0802 e. The molecule has 0 radical (unpaired) electrons. The molecule has 0 amide bonds. The van der Waals surface area contributed by atoms with Crippen molar-refractivity contribution in [2.75, 3.05) is 108 Å². The van der Waals surface area contributed by atoms with Crippen LogP contribution in [-0.4, -0.2) is 117 Å². The lowest BCUT2D eigenvalue weighted by molar-refractivity contribution is -0.870. The van der Waals surface area contributed by atoms with Crippen LogP contribution in [0.1, 0.15) is 155 Å². The van der Waals surface area contributed by atoms with Gasteiger partial charge in [-0.3, -0.25) is 0 Å². The molecule has 8 heteroatoms. The average molecular weight is 927 g/mol. The van der Waals surface area contributed by atoms with Crippen molar-refractivity contribution in [2.24, 2.45) is 5.41 Å². The van der Waals surface area contributed by atoms with Crippen molar-refractivity contribution in [3.05, 3.63) is 0 Å². The highest BCUT2D eigenvalue weighted by Crippen LogP contribution is 2.28. The van der Waals surface area contributed by atoms with Crippen LogP contribution in [0.3, 0.4) is 0 Å². The fourth-order valence-corrected chi connectivity index (χ4v) is 6.15. The van der Waals surface area contributed by atoms with Gasteiger partial charge in [-0.15, -0.1) is 0 Å². The summed E-state index contributed by atoms with van der Waals surface area (Å²) in [6, 6.07) is 0. The van der Waals surface area contributed by atoms with E-state index in [0.29, 0.717) is 0 Å². The van der Waals surface area contributed by atoms with Gasteiger partial charge in [-0.2, -0.15) is 0 Å². The second-order valence-electron chi connectivity index (χ2n) is 16.8. The van der Waals surface area contributed by atoms with E-state index < -0.39 is 0 Å². The number of nitrogens with zero attached hydrogens (tertiary/aromatic N) is 2. The molecule has 0 saturated heterocycles. The first kappa shape index (κ1) is 54.6. The molecule has 0 atom stereocenters. The molecule has 0 rings (SSSR count). The Balaban J connectivity index is -0.0000106. The number of unbranched alkanes of at least 4 members (excludes halogenated alkanes) is 16. The van der Waals surface area contributed by atoms with E-state index in [2.05, 4.69) is 56.1 Å². The predicted octanol–water partition coefficient (Wildman–Crippen LogP) is 4.08. The van der Waals surface area contributed by atoms with Crippen LogP contribution in [0, 0.1) is 5.41 Å². The van der Waals surface area contributed by atoms with Crippen LogP contribution >= 0.6 is 0 Å². The highest BCUT2D eigenvalue weighted by atomic mass is 127. The van der Waals surface area contributed by atoms with Gasteiger partial charge in [-0.05, 0) is 25.7 Å². The molecule has 300 valence electrons. The zero-order valence-corrected chi connectivity index (χ0v) is 38.7. The summed E-state index contributed by atoms with van der Waals surface area (Å²) in [5, 5.41) is 0. The second kappa shape index (κ2) is 37.5. The SMILES string of the molecule is CCCCCCCCCCCCOCC(CCCCCCCOCCCCCC)(COCCC[N+](C)(C)C)COCCC[N+](C)(C)C.[I-].[I-]. The van der Waals surface area contributed by atoms with Gasteiger partial charge >= 0.3 is 0 Å². The molecule has 0 N–H and O–H groups in total. The van der Waals surface area contributed by atoms with E-state index in [9.17, 15) is 0 Å². The van der Waals surface area contributed by atoms with E-state index >= 15 is 0 Å².